The van der Waals surface area contributed by atoms with Gasteiger partial charge in [0.2, 0.25) is 11.9 Å². The van der Waals surface area contributed by atoms with Gasteiger partial charge < -0.3 is 36.2 Å². The van der Waals surface area contributed by atoms with E-state index in [2.05, 4.69) is 71.0 Å². The number of ether oxygens (including phenoxy) is 1. The van der Waals surface area contributed by atoms with E-state index in [4.69, 9.17) is 4.74 Å². The van der Waals surface area contributed by atoms with Gasteiger partial charge >= 0.3 is 18.2 Å². The summed E-state index contributed by atoms with van der Waals surface area (Å²) >= 11 is 0. The van der Waals surface area contributed by atoms with Crippen molar-refractivity contribution in [2.45, 2.75) is 78.7 Å². The summed E-state index contributed by atoms with van der Waals surface area (Å²) in [5, 5.41) is 25.2. The minimum absolute atomic E-state index is 0.149. The molecular formula is C49H64N12O4. The third-order valence-corrected chi connectivity index (χ3v) is 9.73. The first-order valence-corrected chi connectivity index (χ1v) is 22.0. The van der Waals surface area contributed by atoms with E-state index < -0.39 is 11.6 Å². The third kappa shape index (κ3) is 16.2. The van der Waals surface area contributed by atoms with Crippen LogP contribution in [0, 0.1) is 0 Å². The fourth-order valence-electron chi connectivity index (χ4n) is 6.32. The Kier molecular flexibility index (Phi) is 17.7. The Bertz CT molecular complexity index is 2520. The summed E-state index contributed by atoms with van der Waals surface area (Å²) in [5.74, 6) is 2.19. The summed E-state index contributed by atoms with van der Waals surface area (Å²) in [6.45, 7) is 16.5. The number of fused-ring (bicyclic) bond motifs is 2. The highest BCUT2D eigenvalue weighted by Gasteiger charge is 2.19. The Hall–Kier alpha value is -7.07. The lowest BCUT2D eigenvalue weighted by molar-refractivity contribution is 0.0298. The number of urea groups is 2. The fraction of sp³-hybridized carbons (Fsp3) is 0.367. The maximum atomic E-state index is 12.6. The Labute approximate surface area is 382 Å². The predicted octanol–water partition coefficient (Wildman–Crippen LogP) is 10.5. The van der Waals surface area contributed by atoms with Gasteiger partial charge in [0.15, 0.2) is 0 Å². The smallest absolute Gasteiger partial charge is 0.410 e. The molecule has 344 valence electrons. The summed E-state index contributed by atoms with van der Waals surface area (Å²) in [4.78, 5) is 56.6. The van der Waals surface area contributed by atoms with Gasteiger partial charge in [0, 0.05) is 50.2 Å². The number of anilines is 6. The maximum absolute atomic E-state index is 12.6. The van der Waals surface area contributed by atoms with Crippen LogP contribution in [0.5, 0.6) is 0 Å². The second-order valence-corrected chi connectivity index (χ2v) is 17.2. The number of nitrogens with one attached hydrogen (secondary N) is 7. The lowest BCUT2D eigenvalue weighted by Gasteiger charge is -2.24. The molecule has 0 bridgehead atoms. The number of aromatic nitrogens is 4. The van der Waals surface area contributed by atoms with E-state index in [1.165, 1.54) is 0 Å². The van der Waals surface area contributed by atoms with Crippen molar-refractivity contribution in [1.29, 1.82) is 0 Å². The van der Waals surface area contributed by atoms with Crippen LogP contribution in [0.15, 0.2) is 97.1 Å². The Morgan fingerprint density at radius 1 is 0.585 bits per heavy atom. The second kappa shape index (κ2) is 23.6. The molecule has 6 rings (SSSR count). The highest BCUT2D eigenvalue weighted by molar-refractivity contribution is 6.01. The van der Waals surface area contributed by atoms with Crippen molar-refractivity contribution in [2.24, 2.45) is 0 Å². The van der Waals surface area contributed by atoms with Gasteiger partial charge in [-0.15, -0.1) is 0 Å². The lowest BCUT2D eigenvalue weighted by Crippen LogP contribution is -2.35. The molecule has 6 aromatic rings. The zero-order chi connectivity index (χ0) is 46.9. The van der Waals surface area contributed by atoms with Crippen molar-refractivity contribution in [1.82, 2.24) is 30.2 Å². The van der Waals surface area contributed by atoms with E-state index >= 15 is 0 Å². The first-order valence-electron chi connectivity index (χ1n) is 22.0. The normalized spacial score (nSPS) is 11.1. The van der Waals surface area contributed by atoms with Gasteiger partial charge in [-0.3, -0.25) is 10.6 Å². The SMILES string of the molecule is CC(C)c1cc(NCCCN(C)C(=O)OC(C)(C)C)nc(NC(=O)Nc2ccc3ccccc3c2)n1.CNCCCNc1cc(C(C)C)nc(NC(=O)Nc2ccc3ccccc3c2)n1. The van der Waals surface area contributed by atoms with Crippen molar-refractivity contribution in [3.8, 4) is 0 Å². The van der Waals surface area contributed by atoms with Gasteiger partial charge in [-0.25, -0.2) is 24.4 Å². The molecular weight excluding hydrogens is 821 g/mol. The summed E-state index contributed by atoms with van der Waals surface area (Å²) in [6.07, 6.45) is 1.32. The standard InChI is InChI=1S/C27H36N6O3.C22H28N6O/c1-18(2)22-17-23(28-14-9-15-33(6)26(35)36-27(3,4)5)31-24(30-22)32-25(34)29-21-13-12-19-10-7-8-11-20(19)16-21;1-15(2)19-14-20(24-12-6-11-23-3)27-21(26-19)28-22(29)25-18-10-9-16-7-4-5-8-17(16)13-18/h7-8,10-13,16-18H,9,14-15H2,1-6H3,(H3,28,29,30,31,32,34);4-5,7-10,13-15,23H,6,11-12H2,1-3H3,(H3,24,25,26,27,28,29). The molecule has 0 saturated heterocycles. The second-order valence-electron chi connectivity index (χ2n) is 17.2. The molecule has 0 spiro atoms. The monoisotopic (exact) mass is 885 g/mol. The molecule has 0 aliphatic heterocycles. The zero-order valence-electron chi connectivity index (χ0n) is 39.0. The van der Waals surface area contributed by atoms with E-state index in [-0.39, 0.29) is 35.9 Å². The summed E-state index contributed by atoms with van der Waals surface area (Å²) in [5.41, 5.74) is 2.55. The number of rotatable bonds is 16. The number of carbonyl (C=O) groups excluding carboxylic acids is 3. The van der Waals surface area contributed by atoms with Crippen LogP contribution in [0.3, 0.4) is 0 Å². The van der Waals surface area contributed by atoms with E-state index in [1.54, 1.807) is 11.9 Å². The largest absolute Gasteiger partial charge is 0.444 e. The van der Waals surface area contributed by atoms with E-state index in [9.17, 15) is 14.4 Å². The number of nitrogens with zero attached hydrogens (tertiary/aromatic N) is 5. The summed E-state index contributed by atoms with van der Waals surface area (Å²) in [6, 6.07) is 30.5. The van der Waals surface area contributed by atoms with Crippen LogP contribution < -0.4 is 37.2 Å². The van der Waals surface area contributed by atoms with Gasteiger partial charge in [0.05, 0.1) is 11.4 Å². The van der Waals surface area contributed by atoms with Crippen molar-refractivity contribution in [2.75, 3.05) is 72.2 Å². The molecule has 2 heterocycles. The molecule has 0 radical (unpaired) electrons. The van der Waals surface area contributed by atoms with Gasteiger partial charge in [-0.1, -0.05) is 88.4 Å². The van der Waals surface area contributed by atoms with Crippen molar-refractivity contribution in [3.63, 3.8) is 0 Å². The molecule has 65 heavy (non-hydrogen) atoms. The quantitative estimate of drug-likeness (QED) is 0.0456. The van der Waals surface area contributed by atoms with Crippen LogP contribution in [0.2, 0.25) is 0 Å². The number of carbonyl (C=O) groups is 3. The van der Waals surface area contributed by atoms with Crippen molar-refractivity contribution in [3.05, 3.63) is 108 Å². The predicted molar refractivity (Wildman–Crippen MR) is 264 cm³/mol. The molecule has 16 heteroatoms. The third-order valence-electron chi connectivity index (χ3n) is 9.73. The molecule has 0 saturated carbocycles. The molecule has 5 amide bonds. The molecule has 0 unspecified atom stereocenters. The van der Waals surface area contributed by atoms with Crippen LogP contribution in [-0.2, 0) is 4.74 Å². The van der Waals surface area contributed by atoms with Crippen LogP contribution in [0.4, 0.5) is 49.3 Å². The van der Waals surface area contributed by atoms with E-state index in [1.807, 2.05) is 139 Å². The number of amides is 5. The number of benzene rings is 4. The van der Waals surface area contributed by atoms with Crippen molar-refractivity contribution >= 4 is 74.6 Å². The number of hydrogen-bond donors (Lipinski definition) is 7. The molecule has 4 aromatic carbocycles. The Morgan fingerprint density at radius 2 is 1.03 bits per heavy atom. The molecule has 16 nitrogen and oxygen atoms in total. The minimum Gasteiger partial charge on any atom is -0.444 e. The van der Waals surface area contributed by atoms with Gasteiger partial charge in [0.1, 0.15) is 17.2 Å². The van der Waals surface area contributed by atoms with E-state index in [0.717, 1.165) is 52.4 Å². The van der Waals surface area contributed by atoms with E-state index in [0.29, 0.717) is 42.5 Å². The summed E-state index contributed by atoms with van der Waals surface area (Å²) < 4.78 is 5.37. The first kappa shape index (κ1) is 49.0. The molecule has 7 N–H and O–H groups in total. The molecule has 0 fully saturated rings. The fourth-order valence-corrected chi connectivity index (χ4v) is 6.32. The average molecular weight is 885 g/mol. The van der Waals surface area contributed by atoms with Gasteiger partial charge in [-0.05, 0) is 105 Å². The van der Waals surface area contributed by atoms with Crippen molar-refractivity contribution < 1.29 is 19.1 Å². The van der Waals surface area contributed by atoms with Gasteiger partial charge in [0.25, 0.3) is 0 Å². The minimum atomic E-state index is -0.526. The number of hydrogen-bond acceptors (Lipinski definition) is 11. The van der Waals surface area contributed by atoms with Crippen LogP contribution in [-0.4, -0.2) is 88.9 Å². The van der Waals surface area contributed by atoms with Gasteiger partial charge in [-0.2, -0.15) is 9.97 Å². The zero-order valence-corrected chi connectivity index (χ0v) is 39.0. The maximum Gasteiger partial charge on any atom is 0.410 e. The Morgan fingerprint density at radius 3 is 1.46 bits per heavy atom. The molecule has 0 atom stereocenters. The Balaban J connectivity index is 0.000000250. The molecule has 0 aliphatic rings. The molecule has 2 aromatic heterocycles. The topological polar surface area (TPSA) is 199 Å². The molecule has 0 aliphatic carbocycles. The summed E-state index contributed by atoms with van der Waals surface area (Å²) in [7, 11) is 3.64. The highest BCUT2D eigenvalue weighted by Crippen LogP contribution is 2.23. The van der Waals surface area contributed by atoms with Crippen LogP contribution in [0.1, 0.15) is 84.5 Å². The first-order chi connectivity index (χ1) is 31.0. The highest BCUT2D eigenvalue weighted by atomic mass is 16.6. The lowest BCUT2D eigenvalue weighted by atomic mass is 10.1. The van der Waals surface area contributed by atoms with Crippen LogP contribution in [0.25, 0.3) is 21.5 Å². The average Bonchev–Trinajstić information content (AvgIpc) is 3.26. The van der Waals surface area contributed by atoms with Crippen LogP contribution >= 0.6 is 0 Å².